The lowest BCUT2D eigenvalue weighted by Gasteiger charge is -2.11. The third-order valence-electron chi connectivity index (χ3n) is 1.22. The summed E-state index contributed by atoms with van der Waals surface area (Å²) in [6.45, 7) is 3.85. The first-order valence-corrected chi connectivity index (χ1v) is 4.05. The Morgan fingerprint density at radius 2 is 2.25 bits per heavy atom. The van der Waals surface area contributed by atoms with Crippen molar-refractivity contribution >= 4 is 17.3 Å². The van der Waals surface area contributed by atoms with Crippen molar-refractivity contribution < 1.29 is 4.74 Å². The quantitative estimate of drug-likeness (QED) is 0.720. The highest BCUT2D eigenvalue weighted by molar-refractivity contribution is 6.29. The predicted molar refractivity (Wildman–Crippen MR) is 49.4 cm³/mol. The fourth-order valence-electron chi connectivity index (χ4n) is 0.780. The van der Waals surface area contributed by atoms with Crippen molar-refractivity contribution in [1.29, 1.82) is 0 Å². The van der Waals surface area contributed by atoms with E-state index in [2.05, 4.69) is 4.98 Å². The van der Waals surface area contributed by atoms with Crippen LogP contribution in [0.15, 0.2) is 12.3 Å². The second-order valence-electron chi connectivity index (χ2n) is 2.71. The van der Waals surface area contributed by atoms with Crippen LogP contribution in [0, 0.1) is 0 Å². The highest BCUT2D eigenvalue weighted by Crippen LogP contribution is 2.23. The number of nitrogens with two attached hydrogens (primary N) is 1. The van der Waals surface area contributed by atoms with Crippen molar-refractivity contribution in [2.75, 3.05) is 5.73 Å². The van der Waals surface area contributed by atoms with Crippen LogP contribution in [0.25, 0.3) is 0 Å². The van der Waals surface area contributed by atoms with E-state index in [4.69, 9.17) is 22.1 Å². The van der Waals surface area contributed by atoms with Gasteiger partial charge in [0.2, 0.25) is 0 Å². The lowest BCUT2D eigenvalue weighted by atomic mass is 10.4. The molecule has 0 unspecified atom stereocenters. The van der Waals surface area contributed by atoms with Crippen LogP contribution in [0.5, 0.6) is 5.75 Å². The lowest BCUT2D eigenvalue weighted by Crippen LogP contribution is -2.07. The smallest absolute Gasteiger partial charge is 0.147 e. The SMILES string of the molecule is CC(C)Oc1cc(Cl)ncc1N. The van der Waals surface area contributed by atoms with Crippen molar-refractivity contribution in [1.82, 2.24) is 4.98 Å². The second-order valence-corrected chi connectivity index (χ2v) is 3.10. The molecule has 0 aliphatic carbocycles. The van der Waals surface area contributed by atoms with E-state index in [-0.39, 0.29) is 6.10 Å². The van der Waals surface area contributed by atoms with Gasteiger partial charge in [-0.05, 0) is 13.8 Å². The molecule has 0 amide bonds. The zero-order valence-corrected chi connectivity index (χ0v) is 7.80. The first kappa shape index (κ1) is 9.13. The monoisotopic (exact) mass is 186 g/mol. The molecule has 0 radical (unpaired) electrons. The van der Waals surface area contributed by atoms with Crippen LogP contribution < -0.4 is 10.5 Å². The Balaban J connectivity index is 2.90. The molecule has 0 spiro atoms. The normalized spacial score (nSPS) is 10.3. The number of halogens is 1. The van der Waals surface area contributed by atoms with Gasteiger partial charge in [-0.3, -0.25) is 0 Å². The van der Waals surface area contributed by atoms with Crippen LogP contribution in [0.1, 0.15) is 13.8 Å². The number of nitrogens with zero attached hydrogens (tertiary/aromatic N) is 1. The Labute approximate surface area is 76.5 Å². The van der Waals surface area contributed by atoms with Crippen LogP contribution in [-0.2, 0) is 0 Å². The maximum atomic E-state index is 5.65. The van der Waals surface area contributed by atoms with Crippen LogP contribution >= 0.6 is 11.6 Å². The van der Waals surface area contributed by atoms with E-state index in [1.807, 2.05) is 13.8 Å². The number of hydrogen-bond donors (Lipinski definition) is 1. The van der Waals surface area contributed by atoms with Crippen LogP contribution in [0.3, 0.4) is 0 Å². The number of ether oxygens (including phenoxy) is 1. The fraction of sp³-hybridized carbons (Fsp3) is 0.375. The minimum atomic E-state index is 0.0887. The van der Waals surface area contributed by atoms with Crippen LogP contribution in [-0.4, -0.2) is 11.1 Å². The molecule has 0 fully saturated rings. The van der Waals surface area contributed by atoms with Gasteiger partial charge in [0.15, 0.2) is 0 Å². The molecule has 66 valence electrons. The van der Waals surface area contributed by atoms with Gasteiger partial charge in [-0.1, -0.05) is 11.6 Å². The summed E-state index contributed by atoms with van der Waals surface area (Å²) in [5, 5.41) is 0.389. The molecule has 3 nitrogen and oxygen atoms in total. The lowest BCUT2D eigenvalue weighted by molar-refractivity contribution is 0.243. The summed E-state index contributed by atoms with van der Waals surface area (Å²) in [6, 6.07) is 1.61. The minimum Gasteiger partial charge on any atom is -0.489 e. The number of rotatable bonds is 2. The average Bonchev–Trinajstić information content (AvgIpc) is 1.96. The Morgan fingerprint density at radius 3 is 2.83 bits per heavy atom. The van der Waals surface area contributed by atoms with Crippen molar-refractivity contribution in [3.8, 4) is 5.75 Å². The predicted octanol–water partition coefficient (Wildman–Crippen LogP) is 2.10. The van der Waals surface area contributed by atoms with Crippen molar-refractivity contribution in [3.05, 3.63) is 17.4 Å². The third kappa shape index (κ3) is 2.27. The largest absolute Gasteiger partial charge is 0.489 e. The number of anilines is 1. The molecule has 4 heteroatoms. The molecule has 1 aromatic rings. The maximum Gasteiger partial charge on any atom is 0.147 e. The fourth-order valence-corrected chi connectivity index (χ4v) is 0.927. The molecule has 12 heavy (non-hydrogen) atoms. The molecular weight excluding hydrogens is 176 g/mol. The number of pyridine rings is 1. The zero-order valence-electron chi connectivity index (χ0n) is 7.04. The van der Waals surface area contributed by atoms with Gasteiger partial charge in [0.1, 0.15) is 10.9 Å². The summed E-state index contributed by atoms with van der Waals surface area (Å²) < 4.78 is 5.38. The molecule has 0 saturated carbocycles. The molecule has 1 rings (SSSR count). The standard InChI is InChI=1S/C8H11ClN2O/c1-5(2)12-7-3-8(9)11-4-6(7)10/h3-5H,10H2,1-2H3. The highest BCUT2D eigenvalue weighted by atomic mass is 35.5. The molecule has 1 aromatic heterocycles. The number of nitrogen functional groups attached to an aromatic ring is 1. The minimum absolute atomic E-state index is 0.0887. The van der Waals surface area contributed by atoms with E-state index >= 15 is 0 Å². The van der Waals surface area contributed by atoms with Gasteiger partial charge in [0.25, 0.3) is 0 Å². The summed E-state index contributed by atoms with van der Waals surface area (Å²) in [7, 11) is 0. The van der Waals surface area contributed by atoms with E-state index < -0.39 is 0 Å². The molecule has 0 aliphatic heterocycles. The highest BCUT2D eigenvalue weighted by Gasteiger charge is 2.03. The molecule has 2 N–H and O–H groups in total. The van der Waals surface area contributed by atoms with E-state index in [1.54, 1.807) is 6.07 Å². The molecular formula is C8H11ClN2O. The first-order valence-electron chi connectivity index (χ1n) is 3.67. The van der Waals surface area contributed by atoms with Gasteiger partial charge in [0, 0.05) is 6.07 Å². The van der Waals surface area contributed by atoms with E-state index in [1.165, 1.54) is 6.20 Å². The molecule has 0 aromatic carbocycles. The zero-order chi connectivity index (χ0) is 9.14. The molecule has 0 aliphatic rings. The van der Waals surface area contributed by atoms with Gasteiger partial charge in [-0.15, -0.1) is 0 Å². The van der Waals surface area contributed by atoms with Gasteiger partial charge >= 0.3 is 0 Å². The molecule has 1 heterocycles. The van der Waals surface area contributed by atoms with Gasteiger partial charge < -0.3 is 10.5 Å². The summed E-state index contributed by atoms with van der Waals surface area (Å²) in [5.74, 6) is 0.588. The summed E-state index contributed by atoms with van der Waals surface area (Å²) >= 11 is 5.65. The van der Waals surface area contributed by atoms with Crippen molar-refractivity contribution in [3.63, 3.8) is 0 Å². The van der Waals surface area contributed by atoms with Crippen molar-refractivity contribution in [2.45, 2.75) is 20.0 Å². The molecule has 0 atom stereocenters. The Kier molecular flexibility index (Phi) is 2.76. The number of aromatic nitrogens is 1. The Bertz CT molecular complexity index is 276. The Morgan fingerprint density at radius 1 is 1.58 bits per heavy atom. The average molecular weight is 187 g/mol. The van der Waals surface area contributed by atoms with E-state index in [0.29, 0.717) is 16.6 Å². The van der Waals surface area contributed by atoms with Gasteiger partial charge in [0.05, 0.1) is 18.0 Å². The first-order chi connectivity index (χ1) is 5.59. The third-order valence-corrected chi connectivity index (χ3v) is 1.43. The van der Waals surface area contributed by atoms with Crippen molar-refractivity contribution in [2.24, 2.45) is 0 Å². The van der Waals surface area contributed by atoms with Crippen LogP contribution in [0.4, 0.5) is 5.69 Å². The van der Waals surface area contributed by atoms with Crippen LogP contribution in [0.2, 0.25) is 5.15 Å². The van der Waals surface area contributed by atoms with E-state index in [0.717, 1.165) is 0 Å². The topological polar surface area (TPSA) is 48.1 Å². The van der Waals surface area contributed by atoms with Gasteiger partial charge in [-0.25, -0.2) is 4.98 Å². The summed E-state index contributed by atoms with van der Waals surface area (Å²) in [5.41, 5.74) is 6.10. The second kappa shape index (κ2) is 3.63. The van der Waals surface area contributed by atoms with E-state index in [9.17, 15) is 0 Å². The maximum absolute atomic E-state index is 5.65. The molecule has 0 saturated heterocycles. The summed E-state index contributed by atoms with van der Waals surface area (Å²) in [6.07, 6.45) is 1.57. The van der Waals surface area contributed by atoms with Gasteiger partial charge in [-0.2, -0.15) is 0 Å². The summed E-state index contributed by atoms with van der Waals surface area (Å²) in [4.78, 5) is 3.81. The Hall–Kier alpha value is -0.960. The molecule has 0 bridgehead atoms. The number of hydrogen-bond acceptors (Lipinski definition) is 3.